The van der Waals surface area contributed by atoms with Gasteiger partial charge >= 0.3 is 0 Å². The van der Waals surface area contributed by atoms with Crippen LogP contribution in [-0.2, 0) is 0 Å². The normalized spacial score (nSPS) is 11.7. The summed E-state index contributed by atoms with van der Waals surface area (Å²) in [4.78, 5) is 4.67. The van der Waals surface area contributed by atoms with Crippen molar-refractivity contribution in [3.63, 3.8) is 0 Å². The highest BCUT2D eigenvalue weighted by atomic mass is 16.3. The lowest BCUT2D eigenvalue weighted by Crippen LogP contribution is -2.10. The highest BCUT2D eigenvalue weighted by molar-refractivity contribution is 6.14. The largest absolute Gasteiger partial charge is 0.456 e. The topological polar surface area (TPSA) is 19.6 Å². The van der Waals surface area contributed by atoms with Gasteiger partial charge in [-0.3, -0.25) is 0 Å². The predicted octanol–water partition coefficient (Wildman–Crippen LogP) is 15.1. The number of rotatable bonds is 8. The maximum atomic E-state index is 6.66. The molecule has 0 aliphatic rings. The molecule has 0 N–H and O–H groups in total. The fourth-order valence-electron chi connectivity index (χ4n) is 7.59. The molecule has 0 aliphatic carbocycles. The van der Waals surface area contributed by atoms with E-state index in [2.05, 4.69) is 207 Å². The molecular weight excluding hydrogens is 645 g/mol. The Balaban J connectivity index is 1.14. The molecule has 0 saturated carbocycles. The average Bonchev–Trinajstić information content (AvgIpc) is 3.53. The van der Waals surface area contributed by atoms with Gasteiger partial charge in [0.15, 0.2) is 0 Å². The summed E-state index contributed by atoms with van der Waals surface area (Å²) in [6.45, 7) is 8.96. The van der Waals surface area contributed by atoms with Crippen molar-refractivity contribution in [2.75, 3.05) is 9.80 Å². The molecule has 0 unspecified atom stereocenters. The lowest BCUT2D eigenvalue weighted by atomic mass is 10.0. The molecule has 1 aromatic heterocycles. The van der Waals surface area contributed by atoms with Crippen LogP contribution in [0.15, 0.2) is 174 Å². The van der Waals surface area contributed by atoms with Gasteiger partial charge in [0.1, 0.15) is 11.2 Å². The summed E-state index contributed by atoms with van der Waals surface area (Å²) in [5.74, 6) is 0.927. The first kappa shape index (κ1) is 32.6. The van der Waals surface area contributed by atoms with Gasteiger partial charge < -0.3 is 14.2 Å². The molecule has 258 valence electrons. The standard InChI is InChI=1S/C50H42N2O/c1-33(2)35-18-22-43(23-19-35)51(41-13-7-5-8-14-41)45-24-20-37-29-47-48-30-38-21-25-46(28-40(38)32-50(48)53-49(47)31-39(37)27-45)52(42-15-9-6-10-16-42)44-17-11-12-36(26-44)34(3)4/h5-34H,1-4H3. The van der Waals surface area contributed by atoms with Gasteiger partial charge in [-0.1, -0.05) is 100 Å². The summed E-state index contributed by atoms with van der Waals surface area (Å²) >= 11 is 0. The van der Waals surface area contributed by atoms with E-state index in [9.17, 15) is 0 Å². The lowest BCUT2D eigenvalue weighted by molar-refractivity contribution is 0.670. The molecule has 3 nitrogen and oxygen atoms in total. The van der Waals surface area contributed by atoms with Crippen LogP contribution in [0.1, 0.15) is 50.7 Å². The van der Waals surface area contributed by atoms with Gasteiger partial charge in [0.2, 0.25) is 0 Å². The molecule has 9 aromatic rings. The second-order valence-electron chi connectivity index (χ2n) is 14.7. The fourth-order valence-corrected chi connectivity index (χ4v) is 7.59. The molecule has 0 amide bonds. The van der Waals surface area contributed by atoms with Crippen LogP contribution in [-0.4, -0.2) is 0 Å². The highest BCUT2D eigenvalue weighted by Gasteiger charge is 2.17. The number of anilines is 6. The van der Waals surface area contributed by atoms with Crippen molar-refractivity contribution < 1.29 is 4.42 Å². The van der Waals surface area contributed by atoms with E-state index in [1.807, 2.05) is 0 Å². The summed E-state index contributed by atoms with van der Waals surface area (Å²) in [6, 6.07) is 61.5. The first-order valence-corrected chi connectivity index (χ1v) is 18.6. The zero-order valence-electron chi connectivity index (χ0n) is 30.6. The fraction of sp³-hybridized carbons (Fsp3) is 0.120. The minimum Gasteiger partial charge on any atom is -0.456 e. The van der Waals surface area contributed by atoms with Crippen LogP contribution in [0.25, 0.3) is 43.5 Å². The van der Waals surface area contributed by atoms with Crippen LogP contribution in [0.5, 0.6) is 0 Å². The number of para-hydroxylation sites is 2. The molecule has 0 spiro atoms. The number of nitrogens with zero attached hydrogens (tertiary/aromatic N) is 2. The molecule has 1 heterocycles. The van der Waals surface area contributed by atoms with E-state index in [0.29, 0.717) is 11.8 Å². The molecule has 0 atom stereocenters. The number of fused-ring (bicyclic) bond motifs is 5. The van der Waals surface area contributed by atoms with Crippen LogP contribution >= 0.6 is 0 Å². The Labute approximate surface area is 311 Å². The minimum atomic E-state index is 0.443. The Morgan fingerprint density at radius 2 is 0.774 bits per heavy atom. The average molecular weight is 687 g/mol. The van der Waals surface area contributed by atoms with Gasteiger partial charge in [-0.15, -0.1) is 0 Å². The van der Waals surface area contributed by atoms with Crippen LogP contribution in [0.3, 0.4) is 0 Å². The lowest BCUT2D eigenvalue weighted by Gasteiger charge is -2.26. The summed E-state index contributed by atoms with van der Waals surface area (Å²) in [5.41, 5.74) is 11.2. The van der Waals surface area contributed by atoms with E-state index < -0.39 is 0 Å². The predicted molar refractivity (Wildman–Crippen MR) is 226 cm³/mol. The van der Waals surface area contributed by atoms with E-state index in [1.54, 1.807) is 0 Å². The van der Waals surface area contributed by atoms with Crippen molar-refractivity contribution in [2.45, 2.75) is 39.5 Å². The van der Waals surface area contributed by atoms with E-state index in [4.69, 9.17) is 4.42 Å². The summed E-state index contributed by atoms with van der Waals surface area (Å²) in [7, 11) is 0. The van der Waals surface area contributed by atoms with Crippen molar-refractivity contribution in [1.82, 2.24) is 0 Å². The number of hydrogen-bond donors (Lipinski definition) is 0. The minimum absolute atomic E-state index is 0.443. The van der Waals surface area contributed by atoms with E-state index >= 15 is 0 Å². The first-order chi connectivity index (χ1) is 25.9. The second kappa shape index (κ2) is 13.3. The Morgan fingerprint density at radius 1 is 0.340 bits per heavy atom. The maximum Gasteiger partial charge on any atom is 0.136 e. The quantitative estimate of drug-likeness (QED) is 0.159. The van der Waals surface area contributed by atoms with Gasteiger partial charge in [0.05, 0.1) is 0 Å². The molecule has 3 heteroatoms. The Morgan fingerprint density at radius 3 is 1.28 bits per heavy atom. The van der Waals surface area contributed by atoms with Crippen LogP contribution in [0.4, 0.5) is 34.1 Å². The van der Waals surface area contributed by atoms with E-state index in [1.165, 1.54) is 21.9 Å². The van der Waals surface area contributed by atoms with Crippen LogP contribution in [0, 0.1) is 0 Å². The first-order valence-electron chi connectivity index (χ1n) is 18.6. The van der Waals surface area contributed by atoms with Crippen LogP contribution in [0.2, 0.25) is 0 Å². The molecule has 0 radical (unpaired) electrons. The zero-order valence-corrected chi connectivity index (χ0v) is 30.6. The third-order valence-electron chi connectivity index (χ3n) is 10.5. The monoisotopic (exact) mass is 686 g/mol. The van der Waals surface area contributed by atoms with Crippen molar-refractivity contribution in [3.05, 3.63) is 181 Å². The third kappa shape index (κ3) is 6.08. The zero-order chi connectivity index (χ0) is 36.1. The van der Waals surface area contributed by atoms with Crippen molar-refractivity contribution in [2.24, 2.45) is 0 Å². The van der Waals surface area contributed by atoms with Crippen molar-refractivity contribution in [3.8, 4) is 0 Å². The highest BCUT2D eigenvalue weighted by Crippen LogP contribution is 2.41. The summed E-state index contributed by atoms with van der Waals surface area (Å²) in [6.07, 6.45) is 0. The van der Waals surface area contributed by atoms with Gasteiger partial charge in [-0.25, -0.2) is 0 Å². The molecule has 8 aromatic carbocycles. The van der Waals surface area contributed by atoms with E-state index in [0.717, 1.165) is 66.8 Å². The number of furan rings is 1. The van der Waals surface area contributed by atoms with Crippen LogP contribution < -0.4 is 9.80 Å². The number of benzene rings is 8. The molecule has 0 fully saturated rings. The van der Waals surface area contributed by atoms with Gasteiger partial charge in [0.25, 0.3) is 0 Å². The van der Waals surface area contributed by atoms with Gasteiger partial charge in [-0.05, 0) is 142 Å². The van der Waals surface area contributed by atoms with Gasteiger partial charge in [0, 0.05) is 44.9 Å². The maximum absolute atomic E-state index is 6.66. The van der Waals surface area contributed by atoms with Crippen molar-refractivity contribution in [1.29, 1.82) is 0 Å². The molecular formula is C50H42N2O. The summed E-state index contributed by atoms with van der Waals surface area (Å²) in [5, 5.41) is 6.92. The number of hydrogen-bond acceptors (Lipinski definition) is 3. The SMILES string of the molecule is CC(C)c1ccc(N(c2ccccc2)c2ccc3cc4c(cc3c2)oc2cc3cc(N(c5ccccc5)c5cccc(C(C)C)c5)ccc3cc24)cc1. The molecule has 0 bridgehead atoms. The Bertz CT molecular complexity index is 2730. The summed E-state index contributed by atoms with van der Waals surface area (Å²) < 4.78 is 6.66. The van der Waals surface area contributed by atoms with Crippen molar-refractivity contribution >= 4 is 77.6 Å². The Hall–Kier alpha value is -6.32. The second-order valence-corrected chi connectivity index (χ2v) is 14.7. The molecule has 53 heavy (non-hydrogen) atoms. The molecule has 0 saturated heterocycles. The third-order valence-corrected chi connectivity index (χ3v) is 10.5. The smallest absolute Gasteiger partial charge is 0.136 e. The molecule has 9 rings (SSSR count). The van der Waals surface area contributed by atoms with Gasteiger partial charge in [-0.2, -0.15) is 0 Å². The van der Waals surface area contributed by atoms with E-state index in [-0.39, 0.29) is 0 Å². The Kier molecular flexibility index (Phi) is 8.20. The molecule has 0 aliphatic heterocycles.